The molecule has 1 aliphatic carbocycles. The summed E-state index contributed by atoms with van der Waals surface area (Å²) in [5.74, 6) is -0.912. The number of benzene rings is 1. The monoisotopic (exact) mass is 449 g/mol. The molecule has 1 aromatic rings. The molecule has 0 unspecified atom stereocenters. The van der Waals surface area contributed by atoms with Crippen LogP contribution in [0, 0.1) is 0 Å². The third-order valence-corrected chi connectivity index (χ3v) is 7.45. The first-order chi connectivity index (χ1) is 14.5. The second-order valence-corrected chi connectivity index (χ2v) is 11.0. The number of likely N-dealkylation sites (tertiary alicyclic amines) is 1. The van der Waals surface area contributed by atoms with Crippen molar-refractivity contribution in [3.8, 4) is 0 Å². The van der Waals surface area contributed by atoms with E-state index in [2.05, 4.69) is 5.32 Å². The highest BCUT2D eigenvalue weighted by molar-refractivity contribution is 7.90. The summed E-state index contributed by atoms with van der Waals surface area (Å²) in [5, 5.41) is 2.91. The van der Waals surface area contributed by atoms with E-state index in [1.807, 2.05) is 20.8 Å². The summed E-state index contributed by atoms with van der Waals surface area (Å²) < 4.78 is 31.9. The van der Waals surface area contributed by atoms with Crippen molar-refractivity contribution in [2.75, 3.05) is 13.1 Å². The van der Waals surface area contributed by atoms with Gasteiger partial charge in [0.25, 0.3) is 21.8 Å². The molecule has 1 saturated heterocycles. The zero-order valence-corrected chi connectivity index (χ0v) is 18.7. The van der Waals surface area contributed by atoms with Gasteiger partial charge in [-0.15, -0.1) is 0 Å². The van der Waals surface area contributed by atoms with E-state index in [0.29, 0.717) is 38.8 Å². The number of hydrogen-bond acceptors (Lipinski definition) is 6. The second kappa shape index (κ2) is 7.51. The summed E-state index contributed by atoms with van der Waals surface area (Å²) in [4.78, 5) is 38.9. The van der Waals surface area contributed by atoms with Crippen molar-refractivity contribution in [2.45, 2.75) is 69.0 Å². The average molecular weight is 450 g/mol. The molecule has 2 aliphatic heterocycles. The van der Waals surface area contributed by atoms with Gasteiger partial charge in [-0.25, -0.2) is 17.5 Å². The van der Waals surface area contributed by atoms with Crippen molar-refractivity contribution in [3.05, 3.63) is 29.3 Å². The van der Waals surface area contributed by atoms with Crippen molar-refractivity contribution in [3.63, 3.8) is 0 Å². The average Bonchev–Trinajstić information content (AvgIpc) is 3.48. The van der Waals surface area contributed by atoms with Crippen LogP contribution >= 0.6 is 0 Å². The van der Waals surface area contributed by atoms with Gasteiger partial charge in [0, 0.05) is 30.7 Å². The number of nitrogens with zero attached hydrogens (tertiary/aromatic N) is 2. The number of ether oxygens (including phenoxy) is 1. The molecule has 168 valence electrons. The molecule has 0 radical (unpaired) electrons. The Morgan fingerprint density at radius 1 is 1.10 bits per heavy atom. The predicted molar refractivity (Wildman–Crippen MR) is 111 cm³/mol. The molecular formula is C21H27N3O6S. The zero-order valence-electron chi connectivity index (χ0n) is 17.9. The summed E-state index contributed by atoms with van der Waals surface area (Å²) in [6.45, 7) is 6.36. The first kappa shape index (κ1) is 21.6. The van der Waals surface area contributed by atoms with Gasteiger partial charge in [-0.3, -0.25) is 9.59 Å². The van der Waals surface area contributed by atoms with E-state index in [0.717, 1.165) is 4.31 Å². The zero-order chi connectivity index (χ0) is 22.6. The first-order valence-corrected chi connectivity index (χ1v) is 11.9. The van der Waals surface area contributed by atoms with Crippen molar-refractivity contribution in [1.82, 2.24) is 14.5 Å². The smallest absolute Gasteiger partial charge is 0.410 e. The first-order valence-electron chi connectivity index (χ1n) is 10.5. The SMILES string of the molecule is CC(C)(C)OC(=O)N1CCC(NC(=O)c2ccc3c(c2)S(=O)(=O)N(C2CC2)C3=O)CC1. The van der Waals surface area contributed by atoms with Crippen LogP contribution in [0.3, 0.4) is 0 Å². The fourth-order valence-corrected chi connectivity index (χ4v) is 5.70. The summed E-state index contributed by atoms with van der Waals surface area (Å²) in [6, 6.07) is 3.78. The Kier molecular flexibility index (Phi) is 5.23. The molecule has 3 amide bonds. The van der Waals surface area contributed by atoms with E-state index in [9.17, 15) is 22.8 Å². The molecule has 4 rings (SSSR count). The van der Waals surface area contributed by atoms with E-state index < -0.39 is 27.4 Å². The number of fused-ring (bicyclic) bond motifs is 1. The molecule has 0 bridgehead atoms. The van der Waals surface area contributed by atoms with E-state index in [1.54, 1.807) is 4.90 Å². The third-order valence-electron chi connectivity index (χ3n) is 5.57. The lowest BCUT2D eigenvalue weighted by molar-refractivity contribution is 0.0199. The standard InChI is InChI=1S/C21H27N3O6S/c1-21(2,3)30-20(27)23-10-8-14(9-11-23)22-18(25)13-4-7-16-17(12-13)31(28,29)24(19(16)26)15-5-6-15/h4,7,12,14-15H,5-6,8-11H2,1-3H3,(H,22,25). The molecule has 31 heavy (non-hydrogen) atoms. The van der Waals surface area contributed by atoms with Crippen molar-refractivity contribution in [1.29, 1.82) is 0 Å². The molecule has 0 spiro atoms. The second-order valence-electron chi connectivity index (χ2n) is 9.26. The third kappa shape index (κ3) is 4.26. The molecule has 1 saturated carbocycles. The number of carbonyl (C=O) groups excluding carboxylic acids is 3. The number of nitrogens with one attached hydrogen (secondary N) is 1. The summed E-state index contributed by atoms with van der Waals surface area (Å²) >= 11 is 0. The molecule has 1 N–H and O–H groups in total. The highest BCUT2D eigenvalue weighted by Gasteiger charge is 2.48. The van der Waals surface area contributed by atoms with Gasteiger partial charge in [0.15, 0.2) is 0 Å². The Labute approximate surface area is 181 Å². The minimum Gasteiger partial charge on any atom is -0.444 e. The van der Waals surface area contributed by atoms with Gasteiger partial charge in [-0.2, -0.15) is 0 Å². The molecular weight excluding hydrogens is 422 g/mol. The van der Waals surface area contributed by atoms with E-state index in [4.69, 9.17) is 4.74 Å². The maximum absolute atomic E-state index is 12.8. The fourth-order valence-electron chi connectivity index (χ4n) is 3.86. The Morgan fingerprint density at radius 2 is 1.74 bits per heavy atom. The maximum Gasteiger partial charge on any atom is 0.410 e. The van der Waals surface area contributed by atoms with Gasteiger partial charge in [-0.1, -0.05) is 0 Å². The van der Waals surface area contributed by atoms with Gasteiger partial charge >= 0.3 is 6.09 Å². The molecule has 2 fully saturated rings. The summed E-state index contributed by atoms with van der Waals surface area (Å²) in [6.07, 6.45) is 2.12. The Hall–Kier alpha value is -2.62. The topological polar surface area (TPSA) is 113 Å². The van der Waals surface area contributed by atoms with Crippen molar-refractivity contribution < 1.29 is 27.5 Å². The summed E-state index contributed by atoms with van der Waals surface area (Å²) in [5.41, 5.74) is -0.247. The van der Waals surface area contributed by atoms with Gasteiger partial charge in [0.2, 0.25) is 0 Å². The summed E-state index contributed by atoms with van der Waals surface area (Å²) in [7, 11) is -3.91. The maximum atomic E-state index is 12.8. The minimum absolute atomic E-state index is 0.100. The minimum atomic E-state index is -3.91. The molecule has 3 aliphatic rings. The van der Waals surface area contributed by atoms with Crippen LogP contribution in [0.25, 0.3) is 0 Å². The number of piperidine rings is 1. The molecule has 2 heterocycles. The van der Waals surface area contributed by atoms with Gasteiger partial charge in [-0.05, 0) is 64.7 Å². The highest BCUT2D eigenvalue weighted by atomic mass is 32.2. The number of amides is 3. The Morgan fingerprint density at radius 3 is 2.32 bits per heavy atom. The number of carbonyl (C=O) groups is 3. The van der Waals surface area contributed by atoms with Crippen LogP contribution in [-0.2, 0) is 14.8 Å². The molecule has 9 nitrogen and oxygen atoms in total. The number of hydrogen-bond donors (Lipinski definition) is 1. The normalized spacial score (nSPS) is 21.1. The predicted octanol–water partition coefficient (Wildman–Crippen LogP) is 2.12. The van der Waals surface area contributed by atoms with Gasteiger partial charge < -0.3 is 15.0 Å². The van der Waals surface area contributed by atoms with Crippen LogP contribution < -0.4 is 5.32 Å². The van der Waals surface area contributed by atoms with Crippen LogP contribution in [-0.4, -0.2) is 66.3 Å². The van der Waals surface area contributed by atoms with E-state index in [-0.39, 0.29) is 34.2 Å². The van der Waals surface area contributed by atoms with Crippen LogP contribution in [0.5, 0.6) is 0 Å². The van der Waals surface area contributed by atoms with Crippen molar-refractivity contribution >= 4 is 27.9 Å². The molecule has 0 atom stereocenters. The van der Waals surface area contributed by atoms with Crippen molar-refractivity contribution in [2.24, 2.45) is 0 Å². The highest BCUT2D eigenvalue weighted by Crippen LogP contribution is 2.39. The lowest BCUT2D eigenvalue weighted by Gasteiger charge is -2.33. The number of rotatable bonds is 3. The molecule has 1 aromatic carbocycles. The lowest BCUT2D eigenvalue weighted by atomic mass is 10.0. The van der Waals surface area contributed by atoms with Gasteiger partial charge in [0.1, 0.15) is 10.5 Å². The molecule has 0 aromatic heterocycles. The fraction of sp³-hybridized carbons (Fsp3) is 0.571. The van der Waals surface area contributed by atoms with Gasteiger partial charge in [0.05, 0.1) is 5.56 Å². The Balaban J connectivity index is 1.39. The lowest BCUT2D eigenvalue weighted by Crippen LogP contribution is -2.47. The van der Waals surface area contributed by atoms with E-state index >= 15 is 0 Å². The van der Waals surface area contributed by atoms with Crippen LogP contribution in [0.15, 0.2) is 23.1 Å². The quantitative estimate of drug-likeness (QED) is 0.756. The van der Waals surface area contributed by atoms with Crippen LogP contribution in [0.2, 0.25) is 0 Å². The largest absolute Gasteiger partial charge is 0.444 e. The van der Waals surface area contributed by atoms with Crippen LogP contribution in [0.1, 0.15) is 67.2 Å². The number of sulfonamides is 1. The molecule has 10 heteroatoms. The van der Waals surface area contributed by atoms with E-state index in [1.165, 1.54) is 18.2 Å². The Bertz CT molecular complexity index is 1030. The van der Waals surface area contributed by atoms with Crippen LogP contribution in [0.4, 0.5) is 4.79 Å².